The number of nitrogens with two attached hydrogens (primary N) is 1. The summed E-state index contributed by atoms with van der Waals surface area (Å²) in [5, 5.41) is 11.3. The quantitative estimate of drug-likeness (QED) is 0.274. The van der Waals surface area contributed by atoms with Gasteiger partial charge in [0.1, 0.15) is 0 Å². The van der Waals surface area contributed by atoms with E-state index in [0.717, 1.165) is 30.7 Å². The molecule has 7 nitrogen and oxygen atoms in total. The van der Waals surface area contributed by atoms with Gasteiger partial charge in [0.05, 0.1) is 17.9 Å². The van der Waals surface area contributed by atoms with Crippen molar-refractivity contribution in [3.63, 3.8) is 0 Å². The normalized spacial score (nSPS) is 18.4. The molecule has 2 rings (SSSR count). The van der Waals surface area contributed by atoms with Crippen molar-refractivity contribution in [3.05, 3.63) is 35.4 Å². The van der Waals surface area contributed by atoms with Gasteiger partial charge >= 0.3 is 6.18 Å². The lowest BCUT2D eigenvalue weighted by atomic mass is 10.1. The lowest BCUT2D eigenvalue weighted by Crippen LogP contribution is -2.44. The van der Waals surface area contributed by atoms with Crippen LogP contribution in [0.2, 0.25) is 0 Å². The Hall–Kier alpha value is -1.12. The first kappa shape index (κ1) is 25.9. The predicted octanol–water partition coefficient (Wildman–Crippen LogP) is 1.74. The van der Waals surface area contributed by atoms with E-state index in [1.165, 1.54) is 12.1 Å². The first-order valence-electron chi connectivity index (χ1n) is 9.00. The average Bonchev–Trinajstić information content (AvgIpc) is 3.00. The number of aliphatic imine (C=N–C) groups is 1. The number of hydrogen-bond donors (Lipinski definition) is 3. The smallest absolute Gasteiger partial charge is 0.357 e. The SMILES string of the molecule is CCNC(=NCCS(N)(=O)=O)NC1CCN(Cc2ccc(C(F)(F)F)cc2)C1.I. The average molecular weight is 549 g/mol. The van der Waals surface area contributed by atoms with Crippen LogP contribution in [0.25, 0.3) is 0 Å². The fraction of sp³-hybridized carbons (Fsp3) is 0.588. The van der Waals surface area contributed by atoms with E-state index in [-0.39, 0.29) is 42.3 Å². The molecule has 1 aliphatic rings. The van der Waals surface area contributed by atoms with Crippen molar-refractivity contribution < 1.29 is 21.6 Å². The molecule has 29 heavy (non-hydrogen) atoms. The minimum atomic E-state index is -4.33. The number of nitrogens with one attached hydrogen (secondary N) is 2. The minimum Gasteiger partial charge on any atom is -0.357 e. The molecule has 1 heterocycles. The second-order valence-corrected chi connectivity index (χ2v) is 8.42. The third kappa shape index (κ3) is 9.49. The number of halogens is 4. The molecule has 0 aliphatic carbocycles. The Kier molecular flexibility index (Phi) is 10.1. The Bertz CT molecular complexity index is 772. The lowest BCUT2D eigenvalue weighted by molar-refractivity contribution is -0.137. The maximum absolute atomic E-state index is 12.6. The molecule has 1 atom stereocenters. The van der Waals surface area contributed by atoms with Gasteiger partial charge in [0.15, 0.2) is 5.96 Å². The molecule has 0 amide bonds. The highest BCUT2D eigenvalue weighted by atomic mass is 127. The monoisotopic (exact) mass is 549 g/mol. The molecule has 1 aromatic carbocycles. The molecule has 166 valence electrons. The Morgan fingerprint density at radius 2 is 1.97 bits per heavy atom. The molecule has 0 bridgehead atoms. The van der Waals surface area contributed by atoms with Gasteiger partial charge in [-0.3, -0.25) is 9.89 Å². The molecule has 0 saturated carbocycles. The summed E-state index contributed by atoms with van der Waals surface area (Å²) in [7, 11) is -3.56. The van der Waals surface area contributed by atoms with Gasteiger partial charge in [-0.2, -0.15) is 13.2 Å². The van der Waals surface area contributed by atoms with Gasteiger partial charge in [0, 0.05) is 32.2 Å². The van der Waals surface area contributed by atoms with Crippen LogP contribution < -0.4 is 15.8 Å². The van der Waals surface area contributed by atoms with Crippen LogP contribution in [0.4, 0.5) is 13.2 Å². The first-order valence-corrected chi connectivity index (χ1v) is 10.7. The van der Waals surface area contributed by atoms with Crippen molar-refractivity contribution in [2.24, 2.45) is 10.1 Å². The second kappa shape index (κ2) is 11.3. The van der Waals surface area contributed by atoms with Gasteiger partial charge in [-0.1, -0.05) is 12.1 Å². The van der Waals surface area contributed by atoms with Crippen molar-refractivity contribution in [3.8, 4) is 0 Å². The van der Waals surface area contributed by atoms with Gasteiger partial charge in [-0.05, 0) is 31.0 Å². The third-order valence-corrected chi connectivity index (χ3v) is 5.04. The molecule has 1 aromatic rings. The maximum Gasteiger partial charge on any atom is 0.416 e. The zero-order valence-corrected chi connectivity index (χ0v) is 19.2. The Balaban J connectivity index is 0.00000420. The van der Waals surface area contributed by atoms with Crippen molar-refractivity contribution in [2.45, 2.75) is 32.1 Å². The highest BCUT2D eigenvalue weighted by Gasteiger charge is 2.30. The Morgan fingerprint density at radius 3 is 2.52 bits per heavy atom. The molecule has 0 aromatic heterocycles. The van der Waals surface area contributed by atoms with Crippen LogP contribution in [0.15, 0.2) is 29.3 Å². The van der Waals surface area contributed by atoms with Gasteiger partial charge in [-0.15, -0.1) is 24.0 Å². The van der Waals surface area contributed by atoms with Crippen LogP contribution >= 0.6 is 24.0 Å². The fourth-order valence-electron chi connectivity index (χ4n) is 2.95. The number of nitrogens with zero attached hydrogens (tertiary/aromatic N) is 2. The van der Waals surface area contributed by atoms with E-state index in [0.29, 0.717) is 25.6 Å². The summed E-state index contributed by atoms with van der Waals surface area (Å²) >= 11 is 0. The van der Waals surface area contributed by atoms with Crippen molar-refractivity contribution in [1.29, 1.82) is 0 Å². The number of primary sulfonamides is 1. The van der Waals surface area contributed by atoms with E-state index in [1.54, 1.807) is 0 Å². The highest BCUT2D eigenvalue weighted by Crippen LogP contribution is 2.29. The van der Waals surface area contributed by atoms with Crippen LogP contribution in [0, 0.1) is 0 Å². The van der Waals surface area contributed by atoms with Crippen LogP contribution in [0.5, 0.6) is 0 Å². The van der Waals surface area contributed by atoms with Crippen LogP contribution in [-0.2, 0) is 22.7 Å². The molecule has 4 N–H and O–H groups in total. The summed E-state index contributed by atoms with van der Waals surface area (Å²) in [6.45, 7) is 4.67. The largest absolute Gasteiger partial charge is 0.416 e. The summed E-state index contributed by atoms with van der Waals surface area (Å²) in [6, 6.07) is 5.32. The fourth-order valence-corrected chi connectivity index (χ4v) is 3.30. The molecular weight excluding hydrogens is 522 g/mol. The van der Waals surface area contributed by atoms with Crippen LogP contribution in [0.1, 0.15) is 24.5 Å². The Labute approximate surface area is 186 Å². The van der Waals surface area contributed by atoms with E-state index in [1.807, 2.05) is 6.92 Å². The number of guanidine groups is 1. The Morgan fingerprint density at radius 1 is 1.31 bits per heavy atom. The van der Waals surface area contributed by atoms with E-state index in [2.05, 4.69) is 20.5 Å². The molecule has 1 unspecified atom stereocenters. The topological polar surface area (TPSA) is 99.8 Å². The van der Waals surface area contributed by atoms with Gasteiger partial charge in [0.2, 0.25) is 10.0 Å². The molecule has 12 heteroatoms. The highest BCUT2D eigenvalue weighted by molar-refractivity contribution is 14.0. The van der Waals surface area contributed by atoms with Crippen LogP contribution in [0.3, 0.4) is 0 Å². The zero-order chi connectivity index (χ0) is 20.8. The van der Waals surface area contributed by atoms with E-state index in [9.17, 15) is 21.6 Å². The maximum atomic E-state index is 12.6. The first-order chi connectivity index (χ1) is 13.1. The standard InChI is InChI=1S/C17H26F3N5O2S.HI/c1-2-22-16(23-8-10-28(21,26)27)24-15-7-9-25(12-15)11-13-3-5-14(6-4-13)17(18,19)20;/h3-6,15H,2,7-12H2,1H3,(H2,21,26,27)(H2,22,23,24);1H. The van der Waals surface area contributed by atoms with Crippen molar-refractivity contribution >= 4 is 40.0 Å². The van der Waals surface area contributed by atoms with Crippen LogP contribution in [-0.4, -0.2) is 57.3 Å². The molecule has 0 radical (unpaired) electrons. The minimum absolute atomic E-state index is 0. The summed E-state index contributed by atoms with van der Waals surface area (Å²) in [5.41, 5.74) is 0.172. The number of likely N-dealkylation sites (tertiary alicyclic amines) is 1. The summed E-state index contributed by atoms with van der Waals surface area (Å²) in [4.78, 5) is 6.36. The van der Waals surface area contributed by atoms with Crippen molar-refractivity contribution in [1.82, 2.24) is 15.5 Å². The van der Waals surface area contributed by atoms with Crippen molar-refractivity contribution in [2.75, 3.05) is 31.9 Å². The number of hydrogen-bond acceptors (Lipinski definition) is 4. The van der Waals surface area contributed by atoms with E-state index in [4.69, 9.17) is 5.14 Å². The van der Waals surface area contributed by atoms with E-state index < -0.39 is 21.8 Å². The number of alkyl halides is 3. The third-order valence-electron chi connectivity index (χ3n) is 4.29. The molecular formula is C17H27F3IN5O2S. The van der Waals surface area contributed by atoms with Gasteiger partial charge in [-0.25, -0.2) is 13.6 Å². The number of benzene rings is 1. The van der Waals surface area contributed by atoms with Gasteiger partial charge in [0.25, 0.3) is 0 Å². The summed E-state index contributed by atoms with van der Waals surface area (Å²) < 4.78 is 59.9. The number of rotatable bonds is 7. The molecule has 1 fully saturated rings. The summed E-state index contributed by atoms with van der Waals surface area (Å²) in [6.07, 6.45) is -3.48. The summed E-state index contributed by atoms with van der Waals surface area (Å²) in [5.74, 6) is 0.293. The predicted molar refractivity (Wildman–Crippen MR) is 118 cm³/mol. The number of sulfonamides is 1. The molecule has 0 spiro atoms. The molecule has 1 saturated heterocycles. The second-order valence-electron chi connectivity index (χ2n) is 6.69. The van der Waals surface area contributed by atoms with E-state index >= 15 is 0 Å². The van der Waals surface area contributed by atoms with Gasteiger partial charge < -0.3 is 10.6 Å². The lowest BCUT2D eigenvalue weighted by Gasteiger charge is -2.19. The zero-order valence-electron chi connectivity index (χ0n) is 16.1. The molecule has 1 aliphatic heterocycles.